The summed E-state index contributed by atoms with van der Waals surface area (Å²) in [4.78, 5) is 11.9. The molecule has 0 radical (unpaired) electrons. The average Bonchev–Trinajstić information content (AvgIpc) is 3.22. The van der Waals surface area contributed by atoms with Crippen LogP contribution in [0.25, 0.3) is 0 Å². The maximum Gasteiger partial charge on any atom is 0.387 e. The van der Waals surface area contributed by atoms with E-state index in [1.165, 1.54) is 6.07 Å². The van der Waals surface area contributed by atoms with Gasteiger partial charge in [-0.1, -0.05) is 18.2 Å². The zero-order valence-electron chi connectivity index (χ0n) is 11.4. The van der Waals surface area contributed by atoms with E-state index >= 15 is 0 Å². The summed E-state index contributed by atoms with van der Waals surface area (Å²) in [6, 6.07) is 6.28. The van der Waals surface area contributed by atoms with Crippen molar-refractivity contribution in [2.45, 2.75) is 31.9 Å². The molecule has 3 N–H and O–H groups in total. The fourth-order valence-electron chi connectivity index (χ4n) is 2.16. The summed E-state index contributed by atoms with van der Waals surface area (Å²) in [6.07, 6.45) is 2.16. The molecule has 1 aliphatic carbocycles. The molecule has 1 saturated carbocycles. The monoisotopic (exact) mass is 320 g/mol. The quantitative estimate of drug-likeness (QED) is 0.808. The summed E-state index contributed by atoms with van der Waals surface area (Å²) in [5.41, 5.74) is 6.05. The number of halogens is 3. The van der Waals surface area contributed by atoms with Crippen LogP contribution in [0.4, 0.5) is 8.78 Å². The van der Waals surface area contributed by atoms with Crippen molar-refractivity contribution < 1.29 is 18.3 Å². The summed E-state index contributed by atoms with van der Waals surface area (Å²) >= 11 is 0. The van der Waals surface area contributed by atoms with Gasteiger partial charge in [-0.2, -0.15) is 8.78 Å². The highest BCUT2D eigenvalue weighted by atomic mass is 35.5. The first-order valence-corrected chi connectivity index (χ1v) is 6.62. The third-order valence-electron chi connectivity index (χ3n) is 3.33. The second-order valence-electron chi connectivity index (χ2n) is 4.91. The molecule has 7 heteroatoms. The lowest BCUT2D eigenvalue weighted by molar-refractivity contribution is -0.121. The van der Waals surface area contributed by atoms with Crippen LogP contribution in [0.2, 0.25) is 0 Å². The minimum Gasteiger partial charge on any atom is -0.435 e. The Kier molecular flexibility index (Phi) is 6.84. The van der Waals surface area contributed by atoms with Gasteiger partial charge in [0, 0.05) is 18.2 Å². The predicted molar refractivity (Wildman–Crippen MR) is 77.7 cm³/mol. The lowest BCUT2D eigenvalue weighted by atomic mass is 10.1. The molecule has 1 amide bonds. The molecule has 1 aromatic rings. The zero-order chi connectivity index (χ0) is 14.5. The molecule has 1 aromatic carbocycles. The van der Waals surface area contributed by atoms with Crippen molar-refractivity contribution in [1.82, 2.24) is 5.32 Å². The van der Waals surface area contributed by atoms with Crippen LogP contribution in [-0.2, 0) is 11.2 Å². The molecule has 0 aliphatic heterocycles. The summed E-state index contributed by atoms with van der Waals surface area (Å²) in [5.74, 6) is 0.266. The van der Waals surface area contributed by atoms with Crippen LogP contribution in [0.15, 0.2) is 24.3 Å². The van der Waals surface area contributed by atoms with Crippen LogP contribution in [0, 0.1) is 5.92 Å². The fraction of sp³-hybridized carbons (Fsp3) is 0.500. The number of carbonyl (C=O) groups is 1. The lowest BCUT2D eigenvalue weighted by Gasteiger charge is -2.16. The molecule has 1 atom stereocenters. The Hall–Kier alpha value is -1.40. The van der Waals surface area contributed by atoms with Crippen LogP contribution < -0.4 is 15.8 Å². The van der Waals surface area contributed by atoms with Gasteiger partial charge < -0.3 is 15.8 Å². The van der Waals surface area contributed by atoms with E-state index in [1.54, 1.807) is 18.2 Å². The Balaban J connectivity index is 0.00000220. The molecule has 2 rings (SSSR count). The van der Waals surface area contributed by atoms with Crippen LogP contribution >= 0.6 is 12.4 Å². The second-order valence-corrected chi connectivity index (χ2v) is 4.91. The number of ether oxygens (including phenoxy) is 1. The highest BCUT2D eigenvalue weighted by molar-refractivity contribution is 5.85. The Morgan fingerprint density at radius 2 is 2.05 bits per heavy atom. The van der Waals surface area contributed by atoms with Gasteiger partial charge >= 0.3 is 6.61 Å². The minimum atomic E-state index is -2.90. The second kappa shape index (κ2) is 8.14. The minimum absolute atomic E-state index is 0. The first kappa shape index (κ1) is 17.7. The molecule has 0 spiro atoms. The number of hydrogen-bond acceptors (Lipinski definition) is 3. The van der Waals surface area contributed by atoms with Gasteiger partial charge in [0.2, 0.25) is 5.91 Å². The number of rotatable bonds is 7. The van der Waals surface area contributed by atoms with Gasteiger partial charge in [0.1, 0.15) is 5.75 Å². The van der Waals surface area contributed by atoms with E-state index < -0.39 is 6.61 Å². The van der Waals surface area contributed by atoms with Gasteiger partial charge in [-0.15, -0.1) is 12.4 Å². The predicted octanol–water partition coefficient (Wildman–Crippen LogP) is 2.11. The van der Waals surface area contributed by atoms with E-state index in [0.717, 1.165) is 12.8 Å². The number of benzene rings is 1. The number of carbonyl (C=O) groups excluding carboxylic acids is 1. The van der Waals surface area contributed by atoms with Crippen molar-refractivity contribution >= 4 is 18.3 Å². The smallest absolute Gasteiger partial charge is 0.387 e. The zero-order valence-corrected chi connectivity index (χ0v) is 12.2. The molecule has 0 aromatic heterocycles. The third kappa shape index (κ3) is 5.47. The number of nitrogens with one attached hydrogen (secondary N) is 1. The molecule has 1 fully saturated rings. The third-order valence-corrected chi connectivity index (χ3v) is 3.33. The highest BCUT2D eigenvalue weighted by Gasteiger charge is 2.31. The molecule has 1 aliphatic rings. The maximum atomic E-state index is 12.3. The average molecular weight is 321 g/mol. The molecule has 1 unspecified atom stereocenters. The number of amides is 1. The Labute approximate surface area is 128 Å². The van der Waals surface area contributed by atoms with Gasteiger partial charge in [-0.3, -0.25) is 4.79 Å². The van der Waals surface area contributed by atoms with Gasteiger partial charge in [-0.05, 0) is 24.8 Å². The van der Waals surface area contributed by atoms with E-state index in [1.807, 2.05) is 0 Å². The Morgan fingerprint density at radius 3 is 2.62 bits per heavy atom. The lowest BCUT2D eigenvalue weighted by Crippen LogP contribution is -2.42. The summed E-state index contributed by atoms with van der Waals surface area (Å²) in [6.45, 7) is -2.51. The standard InChI is InChI=1S/C14H18F2N2O2.ClH/c15-14(16)20-12-4-2-1-3-10(12)7-13(19)18-11(8-17)9-5-6-9;/h1-4,9,11,14H,5-8,17H2,(H,18,19);1H. The molecular weight excluding hydrogens is 302 g/mol. The van der Waals surface area contributed by atoms with E-state index in [9.17, 15) is 13.6 Å². The number of nitrogens with two attached hydrogens (primary N) is 1. The van der Waals surface area contributed by atoms with Crippen LogP contribution in [0.3, 0.4) is 0 Å². The summed E-state index contributed by atoms with van der Waals surface area (Å²) in [7, 11) is 0. The van der Waals surface area contributed by atoms with Crippen molar-refractivity contribution in [2.24, 2.45) is 11.7 Å². The molecule has 0 heterocycles. The van der Waals surface area contributed by atoms with Gasteiger partial charge in [0.05, 0.1) is 6.42 Å². The molecule has 0 bridgehead atoms. The van der Waals surface area contributed by atoms with E-state index in [4.69, 9.17) is 5.73 Å². The summed E-state index contributed by atoms with van der Waals surface area (Å²) < 4.78 is 29.0. The first-order valence-electron chi connectivity index (χ1n) is 6.62. The van der Waals surface area contributed by atoms with Gasteiger partial charge in [-0.25, -0.2) is 0 Å². The molecule has 21 heavy (non-hydrogen) atoms. The van der Waals surface area contributed by atoms with Crippen LogP contribution in [-0.4, -0.2) is 25.1 Å². The van der Waals surface area contributed by atoms with Gasteiger partial charge in [0.15, 0.2) is 0 Å². The van der Waals surface area contributed by atoms with Crippen molar-refractivity contribution in [3.8, 4) is 5.75 Å². The Morgan fingerprint density at radius 1 is 1.38 bits per heavy atom. The molecule has 4 nitrogen and oxygen atoms in total. The maximum absolute atomic E-state index is 12.3. The normalized spacial score (nSPS) is 15.2. The van der Waals surface area contributed by atoms with E-state index in [2.05, 4.69) is 10.1 Å². The summed E-state index contributed by atoms with van der Waals surface area (Å²) in [5, 5.41) is 2.85. The van der Waals surface area contributed by atoms with E-state index in [-0.39, 0.29) is 36.5 Å². The van der Waals surface area contributed by atoms with Crippen LogP contribution in [0.5, 0.6) is 5.75 Å². The Bertz CT molecular complexity index is 470. The van der Waals surface area contributed by atoms with Crippen molar-refractivity contribution in [2.75, 3.05) is 6.54 Å². The van der Waals surface area contributed by atoms with Gasteiger partial charge in [0.25, 0.3) is 0 Å². The topological polar surface area (TPSA) is 64.3 Å². The fourth-order valence-corrected chi connectivity index (χ4v) is 2.16. The molecule has 118 valence electrons. The van der Waals surface area contributed by atoms with Crippen molar-refractivity contribution in [3.05, 3.63) is 29.8 Å². The molecule has 0 saturated heterocycles. The molecular formula is C14H19ClF2N2O2. The first-order chi connectivity index (χ1) is 9.60. The number of alkyl halides is 2. The number of hydrogen-bond donors (Lipinski definition) is 2. The van der Waals surface area contributed by atoms with E-state index in [0.29, 0.717) is 18.0 Å². The van der Waals surface area contributed by atoms with Crippen LogP contribution in [0.1, 0.15) is 18.4 Å². The highest BCUT2D eigenvalue weighted by Crippen LogP contribution is 2.32. The largest absolute Gasteiger partial charge is 0.435 e. The number of para-hydroxylation sites is 1. The van der Waals surface area contributed by atoms with Crippen molar-refractivity contribution in [1.29, 1.82) is 0 Å². The SMILES string of the molecule is Cl.NCC(NC(=O)Cc1ccccc1OC(F)F)C1CC1. The van der Waals surface area contributed by atoms with Crippen molar-refractivity contribution in [3.63, 3.8) is 0 Å².